The van der Waals surface area contributed by atoms with Crippen molar-refractivity contribution in [3.63, 3.8) is 0 Å². The zero-order valence-corrected chi connectivity index (χ0v) is 6.53. The van der Waals surface area contributed by atoms with Crippen LogP contribution in [0.3, 0.4) is 0 Å². The van der Waals surface area contributed by atoms with Crippen molar-refractivity contribution in [1.29, 1.82) is 0 Å². The maximum atomic E-state index is 2.38. The number of rotatable bonds is 0. The second kappa shape index (κ2) is 2.28. The number of hydrogen-bond acceptors (Lipinski definition) is 2. The van der Waals surface area contributed by atoms with Gasteiger partial charge in [-0.25, -0.2) is 0 Å². The molecule has 8 heavy (non-hydrogen) atoms. The summed E-state index contributed by atoms with van der Waals surface area (Å²) in [5, 5.41) is 1.58. The van der Waals surface area contributed by atoms with Crippen LogP contribution in [-0.4, -0.2) is 29.1 Å². The Morgan fingerprint density at radius 3 is 2.25 bits per heavy atom. The Bertz CT molecular complexity index is 74.6. The summed E-state index contributed by atoms with van der Waals surface area (Å²) < 4.78 is 0. The molecule has 1 rings (SSSR count). The second-order valence-corrected chi connectivity index (χ2v) is 4.24. The van der Waals surface area contributed by atoms with Crippen molar-refractivity contribution in [3.05, 3.63) is 0 Å². The van der Waals surface area contributed by atoms with Crippen molar-refractivity contribution in [3.8, 4) is 0 Å². The molecule has 1 fully saturated rings. The summed E-state index contributed by atoms with van der Waals surface area (Å²) in [5.74, 6) is 0. The highest BCUT2D eigenvalue weighted by atomic mass is 32.2. The summed E-state index contributed by atoms with van der Waals surface area (Å²) in [6.45, 7) is 5.80. The van der Waals surface area contributed by atoms with E-state index in [1.807, 2.05) is 0 Å². The van der Waals surface area contributed by atoms with Gasteiger partial charge in [-0.3, -0.25) is 4.90 Å². The van der Waals surface area contributed by atoms with E-state index >= 15 is 0 Å². The normalized spacial score (nSPS) is 40.9. The van der Waals surface area contributed by atoms with Gasteiger partial charge >= 0.3 is 0 Å². The fraction of sp³-hybridized carbons (Fsp3) is 1.00. The molecule has 0 radical (unpaired) electrons. The van der Waals surface area contributed by atoms with Crippen LogP contribution in [-0.2, 0) is 0 Å². The fourth-order valence-electron chi connectivity index (χ4n) is 1.04. The highest BCUT2D eigenvalue weighted by molar-refractivity contribution is 8.00. The minimum absolute atomic E-state index is 0.741. The van der Waals surface area contributed by atoms with Crippen molar-refractivity contribution < 1.29 is 0 Å². The molecule has 0 bridgehead atoms. The molecule has 1 aliphatic rings. The van der Waals surface area contributed by atoms with Crippen LogP contribution in [0, 0.1) is 0 Å². The Morgan fingerprint density at radius 1 is 1.50 bits per heavy atom. The van der Waals surface area contributed by atoms with Crippen LogP contribution in [0.25, 0.3) is 0 Å². The number of thioether (sulfide) groups is 1. The predicted molar refractivity (Wildman–Crippen MR) is 39.1 cm³/mol. The topological polar surface area (TPSA) is 3.24 Å². The van der Waals surface area contributed by atoms with E-state index in [4.69, 9.17) is 0 Å². The second-order valence-electron chi connectivity index (χ2n) is 2.49. The Morgan fingerprint density at radius 2 is 2.12 bits per heavy atom. The Kier molecular flexibility index (Phi) is 1.83. The molecule has 0 aromatic carbocycles. The highest BCUT2D eigenvalue weighted by Gasteiger charge is 2.22. The SMILES string of the molecule is C[C@@H]1CN(C)[C@H](C)S1. The van der Waals surface area contributed by atoms with Gasteiger partial charge in [0.25, 0.3) is 0 Å². The van der Waals surface area contributed by atoms with Gasteiger partial charge in [-0.1, -0.05) is 6.92 Å². The average Bonchev–Trinajstić information content (AvgIpc) is 1.85. The van der Waals surface area contributed by atoms with Crippen molar-refractivity contribution in [1.82, 2.24) is 4.90 Å². The van der Waals surface area contributed by atoms with Crippen LogP contribution >= 0.6 is 11.8 Å². The number of nitrogens with zero attached hydrogens (tertiary/aromatic N) is 1. The quantitative estimate of drug-likeness (QED) is 0.489. The zero-order valence-electron chi connectivity index (χ0n) is 5.72. The van der Waals surface area contributed by atoms with Crippen LogP contribution in [0.2, 0.25) is 0 Å². The molecule has 1 nitrogen and oxygen atoms in total. The molecule has 48 valence electrons. The van der Waals surface area contributed by atoms with E-state index in [9.17, 15) is 0 Å². The first-order chi connectivity index (χ1) is 3.70. The van der Waals surface area contributed by atoms with Gasteiger partial charge in [0.1, 0.15) is 0 Å². The minimum atomic E-state index is 0.741. The Hall–Kier alpha value is 0.310. The monoisotopic (exact) mass is 131 g/mol. The molecule has 2 heteroatoms. The first-order valence-corrected chi connectivity index (χ1v) is 4.00. The molecule has 0 unspecified atom stereocenters. The van der Waals surface area contributed by atoms with Crippen LogP contribution < -0.4 is 0 Å². The largest absolute Gasteiger partial charge is 0.294 e. The first kappa shape index (κ1) is 6.43. The van der Waals surface area contributed by atoms with E-state index in [1.54, 1.807) is 0 Å². The Labute approximate surface area is 55.4 Å². The third-order valence-corrected chi connectivity index (χ3v) is 2.96. The summed E-state index contributed by atoms with van der Waals surface area (Å²) in [6, 6.07) is 0. The van der Waals surface area contributed by atoms with Gasteiger partial charge in [-0.15, -0.1) is 11.8 Å². The van der Waals surface area contributed by atoms with Gasteiger partial charge in [0.05, 0.1) is 5.37 Å². The molecule has 0 N–H and O–H groups in total. The van der Waals surface area contributed by atoms with E-state index in [-0.39, 0.29) is 0 Å². The molecule has 0 spiro atoms. The summed E-state index contributed by atoms with van der Waals surface area (Å²) in [6.07, 6.45) is 0. The lowest BCUT2D eigenvalue weighted by Gasteiger charge is -2.10. The molecule has 2 atom stereocenters. The molecule has 0 aliphatic carbocycles. The summed E-state index contributed by atoms with van der Waals surface area (Å²) in [5.41, 5.74) is 0. The maximum absolute atomic E-state index is 2.38. The van der Waals surface area contributed by atoms with Crippen molar-refractivity contribution in [2.45, 2.75) is 24.5 Å². The van der Waals surface area contributed by atoms with Crippen molar-refractivity contribution in [2.24, 2.45) is 0 Å². The molecule has 1 saturated heterocycles. The summed E-state index contributed by atoms with van der Waals surface area (Å²) in [4.78, 5) is 2.38. The molecular weight excluding hydrogens is 118 g/mol. The molecule has 0 amide bonds. The van der Waals surface area contributed by atoms with Crippen molar-refractivity contribution in [2.75, 3.05) is 13.6 Å². The van der Waals surface area contributed by atoms with Crippen LogP contribution in [0.4, 0.5) is 0 Å². The zero-order chi connectivity index (χ0) is 6.15. The summed E-state index contributed by atoms with van der Waals surface area (Å²) in [7, 11) is 2.18. The fourth-order valence-corrected chi connectivity index (χ4v) is 2.32. The number of hydrogen-bond donors (Lipinski definition) is 0. The van der Waals surface area contributed by atoms with Gasteiger partial charge in [-0.2, -0.15) is 0 Å². The lowest BCUT2D eigenvalue weighted by Crippen LogP contribution is -2.21. The molecule has 0 aromatic rings. The molecular formula is C6H13NS. The third kappa shape index (κ3) is 1.17. The van der Waals surface area contributed by atoms with E-state index in [0.29, 0.717) is 0 Å². The first-order valence-electron chi connectivity index (χ1n) is 3.06. The third-order valence-electron chi connectivity index (χ3n) is 1.60. The standard InChI is InChI=1S/C6H13NS/c1-5-4-7(3)6(2)8-5/h5-6H,4H2,1-3H3/t5-,6+/m1/s1. The van der Waals surface area contributed by atoms with Crippen LogP contribution in [0.5, 0.6) is 0 Å². The van der Waals surface area contributed by atoms with Crippen LogP contribution in [0.15, 0.2) is 0 Å². The summed E-state index contributed by atoms with van der Waals surface area (Å²) >= 11 is 2.05. The van der Waals surface area contributed by atoms with Crippen molar-refractivity contribution >= 4 is 11.8 Å². The van der Waals surface area contributed by atoms with Gasteiger partial charge in [0.2, 0.25) is 0 Å². The average molecular weight is 131 g/mol. The maximum Gasteiger partial charge on any atom is 0.0529 e. The van der Waals surface area contributed by atoms with Gasteiger partial charge in [-0.05, 0) is 14.0 Å². The molecule has 1 heterocycles. The van der Waals surface area contributed by atoms with Crippen LogP contribution in [0.1, 0.15) is 13.8 Å². The Balaban J connectivity index is 2.39. The van der Waals surface area contributed by atoms with E-state index in [2.05, 4.69) is 37.6 Å². The van der Waals surface area contributed by atoms with Gasteiger partial charge in [0.15, 0.2) is 0 Å². The van der Waals surface area contributed by atoms with Gasteiger partial charge in [0, 0.05) is 11.8 Å². The smallest absolute Gasteiger partial charge is 0.0529 e. The minimum Gasteiger partial charge on any atom is -0.294 e. The van der Waals surface area contributed by atoms with E-state index < -0.39 is 0 Å². The van der Waals surface area contributed by atoms with Gasteiger partial charge < -0.3 is 0 Å². The lowest BCUT2D eigenvalue weighted by atomic mass is 10.4. The van der Waals surface area contributed by atoms with E-state index in [0.717, 1.165) is 10.6 Å². The molecule has 1 aliphatic heterocycles. The highest BCUT2D eigenvalue weighted by Crippen LogP contribution is 2.27. The predicted octanol–water partition coefficient (Wildman–Crippen LogP) is 1.40. The van der Waals surface area contributed by atoms with E-state index in [1.165, 1.54) is 6.54 Å². The lowest BCUT2D eigenvalue weighted by molar-refractivity contribution is 0.356. The molecule has 0 saturated carbocycles. The molecule has 0 aromatic heterocycles.